The molecule has 28 heavy (non-hydrogen) atoms. The number of methoxy groups -OCH3 is 2. The minimum absolute atomic E-state index is 0.796. The molecule has 0 atom stereocenters. The van der Waals surface area contributed by atoms with Gasteiger partial charge in [0.2, 0.25) is 0 Å². The van der Waals surface area contributed by atoms with Crippen LogP contribution in [0, 0.1) is 3.57 Å². The molecular weight excluding hydrogens is 463 g/mol. The number of nitrogens with zero attached hydrogens (tertiary/aromatic N) is 2. The molecule has 5 heteroatoms. The second kappa shape index (κ2) is 11.0. The Hall–Kier alpha value is -1.31. The minimum atomic E-state index is 0.796. The van der Waals surface area contributed by atoms with E-state index < -0.39 is 0 Å². The van der Waals surface area contributed by atoms with Gasteiger partial charge < -0.3 is 19.3 Å². The Morgan fingerprint density at radius 3 is 2.18 bits per heavy atom. The normalized spacial score (nSPS) is 15.5. The average molecular weight is 494 g/mol. The molecule has 1 saturated heterocycles. The second-order valence-corrected chi connectivity index (χ2v) is 8.48. The predicted octanol–water partition coefficient (Wildman–Crippen LogP) is 4.10. The van der Waals surface area contributed by atoms with Crippen LogP contribution in [0.15, 0.2) is 42.5 Å². The van der Waals surface area contributed by atoms with Crippen LogP contribution in [-0.4, -0.2) is 63.3 Å². The molecule has 0 spiro atoms. The Morgan fingerprint density at radius 2 is 1.50 bits per heavy atom. The number of piperazine rings is 1. The molecule has 3 rings (SSSR count). The second-order valence-electron chi connectivity index (χ2n) is 7.32. The van der Waals surface area contributed by atoms with Gasteiger partial charge in [0.05, 0.1) is 14.2 Å². The molecule has 0 unspecified atom stereocenters. The molecule has 0 radical (unpaired) electrons. The lowest BCUT2D eigenvalue weighted by molar-refractivity contribution is 0.132. The summed E-state index contributed by atoms with van der Waals surface area (Å²) in [7, 11) is 3.37. The highest BCUT2D eigenvalue weighted by Gasteiger charge is 2.16. The number of ether oxygens (including phenoxy) is 2. The van der Waals surface area contributed by atoms with Crippen molar-refractivity contribution in [3.05, 3.63) is 57.2 Å². The van der Waals surface area contributed by atoms with Gasteiger partial charge >= 0.3 is 0 Å². The highest BCUT2D eigenvalue weighted by atomic mass is 127. The molecule has 0 amide bonds. The fourth-order valence-corrected chi connectivity index (χ4v) is 4.41. The lowest BCUT2D eigenvalue weighted by atomic mass is 10.1. The Kier molecular flexibility index (Phi) is 8.43. The summed E-state index contributed by atoms with van der Waals surface area (Å²) in [6.45, 7) is 6.99. The molecule has 0 bridgehead atoms. The maximum atomic E-state index is 5.41. The summed E-state index contributed by atoms with van der Waals surface area (Å²) in [5.41, 5.74) is 2.79. The number of aryl methyl sites for hydroxylation is 1. The zero-order valence-electron chi connectivity index (χ0n) is 17.0. The Balaban J connectivity index is 1.37. The van der Waals surface area contributed by atoms with E-state index >= 15 is 0 Å². The van der Waals surface area contributed by atoms with E-state index in [0.717, 1.165) is 37.6 Å². The first-order chi connectivity index (χ1) is 13.7. The molecule has 2 aromatic rings. The summed E-state index contributed by atoms with van der Waals surface area (Å²) in [4.78, 5) is 5.19. The van der Waals surface area contributed by atoms with Crippen molar-refractivity contribution in [2.75, 3.05) is 53.5 Å². The quantitative estimate of drug-likeness (QED) is 0.491. The summed E-state index contributed by atoms with van der Waals surface area (Å²) in [6, 6.07) is 15.0. The van der Waals surface area contributed by atoms with Crippen molar-refractivity contribution in [2.24, 2.45) is 0 Å². The topological polar surface area (TPSA) is 24.9 Å². The zero-order chi connectivity index (χ0) is 19.8. The van der Waals surface area contributed by atoms with E-state index in [0.29, 0.717) is 0 Å². The number of benzene rings is 2. The first-order valence-electron chi connectivity index (χ1n) is 10.1. The fourth-order valence-electron chi connectivity index (χ4n) is 3.75. The fraction of sp³-hybridized carbons (Fsp3) is 0.478. The zero-order valence-corrected chi connectivity index (χ0v) is 19.2. The number of halogens is 1. The van der Waals surface area contributed by atoms with Crippen molar-refractivity contribution in [2.45, 2.75) is 19.3 Å². The first-order valence-corrected chi connectivity index (χ1v) is 11.2. The summed E-state index contributed by atoms with van der Waals surface area (Å²) in [5.74, 6) is 1.61. The van der Waals surface area contributed by atoms with Crippen LogP contribution in [0.25, 0.3) is 0 Å². The molecule has 2 aromatic carbocycles. The summed E-state index contributed by atoms with van der Waals surface area (Å²) >= 11 is 2.44. The average Bonchev–Trinajstić information content (AvgIpc) is 2.74. The third-order valence-electron chi connectivity index (χ3n) is 5.51. The van der Waals surface area contributed by atoms with Crippen molar-refractivity contribution < 1.29 is 9.47 Å². The number of hydrogen-bond donors (Lipinski definition) is 0. The largest absolute Gasteiger partial charge is 0.493 e. The van der Waals surface area contributed by atoms with Crippen LogP contribution in [0.5, 0.6) is 11.5 Å². The van der Waals surface area contributed by atoms with E-state index in [1.54, 1.807) is 14.2 Å². The van der Waals surface area contributed by atoms with E-state index in [4.69, 9.17) is 9.47 Å². The standard InChI is InChI=1S/C23H31IN2O2/c1-27-22-10-9-19(18-23(22)28-2)11-13-26-16-14-25(15-17-26)12-5-7-20-6-3-4-8-21(20)24/h3-4,6,8-10,18H,5,7,11-17H2,1-2H3. The van der Waals surface area contributed by atoms with Gasteiger partial charge in [0.25, 0.3) is 0 Å². The third kappa shape index (κ3) is 6.09. The van der Waals surface area contributed by atoms with E-state index in [-0.39, 0.29) is 0 Å². The molecule has 0 N–H and O–H groups in total. The van der Waals surface area contributed by atoms with Crippen LogP contribution in [-0.2, 0) is 12.8 Å². The van der Waals surface area contributed by atoms with Crippen LogP contribution < -0.4 is 9.47 Å². The first kappa shape index (κ1) is 21.4. The van der Waals surface area contributed by atoms with Crippen molar-refractivity contribution in [3.63, 3.8) is 0 Å². The van der Waals surface area contributed by atoms with Gasteiger partial charge in [-0.1, -0.05) is 24.3 Å². The minimum Gasteiger partial charge on any atom is -0.493 e. The van der Waals surface area contributed by atoms with Gasteiger partial charge in [-0.3, -0.25) is 0 Å². The summed E-state index contributed by atoms with van der Waals surface area (Å²) < 4.78 is 12.1. The molecule has 152 valence electrons. The van der Waals surface area contributed by atoms with E-state index in [1.807, 2.05) is 6.07 Å². The molecule has 0 saturated carbocycles. The van der Waals surface area contributed by atoms with E-state index in [2.05, 4.69) is 68.8 Å². The van der Waals surface area contributed by atoms with Crippen LogP contribution in [0.1, 0.15) is 17.5 Å². The van der Waals surface area contributed by atoms with E-state index in [1.165, 1.54) is 47.2 Å². The van der Waals surface area contributed by atoms with Crippen molar-refractivity contribution in [1.29, 1.82) is 0 Å². The van der Waals surface area contributed by atoms with Crippen LogP contribution in [0.2, 0.25) is 0 Å². The molecule has 1 heterocycles. The lowest BCUT2D eigenvalue weighted by Crippen LogP contribution is -2.47. The SMILES string of the molecule is COc1ccc(CCN2CCN(CCCc3ccccc3I)CC2)cc1OC. The van der Waals surface area contributed by atoms with Gasteiger partial charge in [0.15, 0.2) is 11.5 Å². The molecule has 0 aromatic heterocycles. The summed E-state index contributed by atoms with van der Waals surface area (Å²) in [5, 5.41) is 0. The number of rotatable bonds is 9. The Morgan fingerprint density at radius 1 is 0.821 bits per heavy atom. The van der Waals surface area contributed by atoms with Gasteiger partial charge in [0.1, 0.15) is 0 Å². The maximum absolute atomic E-state index is 5.41. The van der Waals surface area contributed by atoms with Gasteiger partial charge in [-0.05, 0) is 77.7 Å². The molecule has 0 aliphatic carbocycles. The molecular formula is C23H31IN2O2. The van der Waals surface area contributed by atoms with Crippen molar-refractivity contribution >= 4 is 22.6 Å². The maximum Gasteiger partial charge on any atom is 0.160 e. The molecule has 1 fully saturated rings. The Bertz CT molecular complexity index is 745. The van der Waals surface area contributed by atoms with Gasteiger partial charge in [0, 0.05) is 36.3 Å². The smallest absolute Gasteiger partial charge is 0.160 e. The molecule has 4 nitrogen and oxygen atoms in total. The monoisotopic (exact) mass is 494 g/mol. The number of hydrogen-bond acceptors (Lipinski definition) is 4. The summed E-state index contributed by atoms with van der Waals surface area (Å²) in [6.07, 6.45) is 3.47. The van der Waals surface area contributed by atoms with Crippen molar-refractivity contribution in [1.82, 2.24) is 9.80 Å². The third-order valence-corrected chi connectivity index (χ3v) is 6.56. The highest BCUT2D eigenvalue weighted by Crippen LogP contribution is 2.27. The van der Waals surface area contributed by atoms with E-state index in [9.17, 15) is 0 Å². The lowest BCUT2D eigenvalue weighted by Gasteiger charge is -2.34. The molecule has 1 aliphatic rings. The highest BCUT2D eigenvalue weighted by molar-refractivity contribution is 14.1. The van der Waals surface area contributed by atoms with Gasteiger partial charge in [-0.15, -0.1) is 0 Å². The van der Waals surface area contributed by atoms with Crippen LogP contribution >= 0.6 is 22.6 Å². The van der Waals surface area contributed by atoms with Crippen molar-refractivity contribution in [3.8, 4) is 11.5 Å². The van der Waals surface area contributed by atoms with Crippen LogP contribution in [0.3, 0.4) is 0 Å². The predicted molar refractivity (Wildman–Crippen MR) is 124 cm³/mol. The van der Waals surface area contributed by atoms with Gasteiger partial charge in [-0.25, -0.2) is 0 Å². The van der Waals surface area contributed by atoms with Crippen LogP contribution in [0.4, 0.5) is 0 Å². The van der Waals surface area contributed by atoms with Gasteiger partial charge in [-0.2, -0.15) is 0 Å². The molecule has 1 aliphatic heterocycles. The Labute approximate surface area is 183 Å².